The van der Waals surface area contributed by atoms with Crippen molar-refractivity contribution in [2.24, 2.45) is 0 Å². The van der Waals surface area contributed by atoms with Crippen LogP contribution in [0.2, 0.25) is 0 Å². The zero-order chi connectivity index (χ0) is 17.8. The average molecular weight is 406 g/mol. The molecule has 0 N–H and O–H groups in total. The first kappa shape index (κ1) is 17.5. The molecule has 2 heteroatoms. The molecule has 3 aromatic rings. The van der Waals surface area contributed by atoms with Gasteiger partial charge in [0.1, 0.15) is 0 Å². The van der Waals surface area contributed by atoms with E-state index in [1.165, 1.54) is 39.6 Å². The number of nitrogens with zero attached hydrogens (tertiary/aromatic N) is 1. The zero-order valence-corrected chi connectivity index (χ0v) is 16.5. The number of halogens is 1. The lowest BCUT2D eigenvalue weighted by atomic mass is 9.87. The van der Waals surface area contributed by atoms with Gasteiger partial charge in [0.05, 0.1) is 0 Å². The van der Waals surface area contributed by atoms with Gasteiger partial charge in [0.25, 0.3) is 0 Å². The fraction of sp³-hybridized carbons (Fsp3) is 0.250. The lowest BCUT2D eigenvalue weighted by Crippen LogP contribution is -2.38. The average Bonchev–Trinajstić information content (AvgIpc) is 2.69. The van der Waals surface area contributed by atoms with Crippen LogP contribution in [0.15, 0.2) is 83.3 Å². The van der Waals surface area contributed by atoms with E-state index in [2.05, 4.69) is 99.7 Å². The molecule has 0 fully saturated rings. The quantitative estimate of drug-likeness (QED) is 0.502. The highest BCUT2D eigenvalue weighted by molar-refractivity contribution is 9.10. The predicted molar refractivity (Wildman–Crippen MR) is 112 cm³/mol. The van der Waals surface area contributed by atoms with E-state index in [0.29, 0.717) is 6.04 Å². The number of hydrogen-bond acceptors (Lipinski definition) is 1. The summed E-state index contributed by atoms with van der Waals surface area (Å²) in [4.78, 5) is 2.66. The molecule has 0 spiro atoms. The van der Waals surface area contributed by atoms with Gasteiger partial charge in [-0.1, -0.05) is 82.7 Å². The fourth-order valence-electron chi connectivity index (χ4n) is 3.97. The van der Waals surface area contributed by atoms with Crippen molar-refractivity contribution in [2.75, 3.05) is 0 Å². The Hall–Kier alpha value is -1.90. The maximum Gasteiger partial charge on any atom is 0.0240 e. The Morgan fingerprint density at radius 1 is 0.769 bits per heavy atom. The predicted octanol–water partition coefficient (Wildman–Crippen LogP) is 6.01. The summed E-state index contributed by atoms with van der Waals surface area (Å²) in [7, 11) is 0. The fourth-order valence-corrected chi connectivity index (χ4v) is 4.37. The molecular weight excluding hydrogens is 382 g/mol. The SMILES string of the molecule is Brc1ccc2c(c1)CCC(N(Cc1ccccc1)Cc1ccccc1)C2. The Kier molecular flexibility index (Phi) is 5.52. The summed E-state index contributed by atoms with van der Waals surface area (Å²) in [5.74, 6) is 0. The first-order chi connectivity index (χ1) is 12.8. The lowest BCUT2D eigenvalue weighted by Gasteiger charge is -2.35. The van der Waals surface area contributed by atoms with Crippen molar-refractivity contribution in [1.82, 2.24) is 4.90 Å². The van der Waals surface area contributed by atoms with Crippen LogP contribution in [-0.2, 0) is 25.9 Å². The highest BCUT2D eigenvalue weighted by Gasteiger charge is 2.24. The summed E-state index contributed by atoms with van der Waals surface area (Å²) in [6.45, 7) is 2.01. The van der Waals surface area contributed by atoms with Gasteiger partial charge in [-0.25, -0.2) is 0 Å². The van der Waals surface area contributed by atoms with Crippen molar-refractivity contribution in [3.8, 4) is 0 Å². The molecule has 1 aliphatic carbocycles. The van der Waals surface area contributed by atoms with Crippen LogP contribution in [0.25, 0.3) is 0 Å². The van der Waals surface area contributed by atoms with Crippen LogP contribution in [0.1, 0.15) is 28.7 Å². The van der Waals surface area contributed by atoms with E-state index in [4.69, 9.17) is 0 Å². The number of aryl methyl sites for hydroxylation is 1. The number of hydrogen-bond donors (Lipinski definition) is 0. The Morgan fingerprint density at radius 3 is 2.00 bits per heavy atom. The minimum Gasteiger partial charge on any atom is -0.292 e. The van der Waals surface area contributed by atoms with E-state index >= 15 is 0 Å². The second-order valence-corrected chi connectivity index (χ2v) is 8.10. The molecule has 1 nitrogen and oxygen atoms in total. The highest BCUT2D eigenvalue weighted by atomic mass is 79.9. The van der Waals surface area contributed by atoms with Crippen molar-refractivity contribution in [1.29, 1.82) is 0 Å². The lowest BCUT2D eigenvalue weighted by molar-refractivity contribution is 0.162. The maximum atomic E-state index is 3.61. The molecule has 0 aliphatic heterocycles. The Bertz CT molecular complexity index is 803. The second-order valence-electron chi connectivity index (χ2n) is 7.19. The molecule has 0 amide bonds. The van der Waals surface area contributed by atoms with E-state index in [9.17, 15) is 0 Å². The van der Waals surface area contributed by atoms with E-state index in [1.807, 2.05) is 0 Å². The van der Waals surface area contributed by atoms with Crippen LogP contribution < -0.4 is 0 Å². The molecule has 132 valence electrons. The Labute approximate surface area is 164 Å². The molecule has 0 saturated heterocycles. The third-order valence-electron chi connectivity index (χ3n) is 5.34. The van der Waals surface area contributed by atoms with E-state index in [1.54, 1.807) is 0 Å². The van der Waals surface area contributed by atoms with E-state index in [0.717, 1.165) is 19.5 Å². The summed E-state index contributed by atoms with van der Waals surface area (Å²) in [6, 6.07) is 29.1. The standard InChI is InChI=1S/C24H24BrN/c25-23-13-11-22-16-24(14-12-21(22)15-23)26(17-19-7-3-1-4-8-19)18-20-9-5-2-6-10-20/h1-11,13,15,24H,12,14,16-18H2. The first-order valence-corrected chi connectivity index (χ1v) is 10.2. The van der Waals surface area contributed by atoms with E-state index < -0.39 is 0 Å². The molecule has 1 aliphatic rings. The Morgan fingerprint density at radius 2 is 1.38 bits per heavy atom. The molecule has 3 aromatic carbocycles. The smallest absolute Gasteiger partial charge is 0.0240 e. The van der Waals surface area contributed by atoms with Gasteiger partial charge in [-0.05, 0) is 53.6 Å². The summed E-state index contributed by atoms with van der Waals surface area (Å²) in [5, 5.41) is 0. The largest absolute Gasteiger partial charge is 0.292 e. The van der Waals surface area contributed by atoms with Crippen LogP contribution in [0, 0.1) is 0 Å². The van der Waals surface area contributed by atoms with Crippen LogP contribution in [0.5, 0.6) is 0 Å². The van der Waals surface area contributed by atoms with Crippen LogP contribution in [0.3, 0.4) is 0 Å². The molecule has 0 radical (unpaired) electrons. The molecule has 0 bridgehead atoms. The molecule has 26 heavy (non-hydrogen) atoms. The summed E-state index contributed by atoms with van der Waals surface area (Å²) < 4.78 is 1.19. The van der Waals surface area contributed by atoms with Crippen LogP contribution in [0.4, 0.5) is 0 Å². The van der Waals surface area contributed by atoms with Crippen molar-refractivity contribution < 1.29 is 0 Å². The van der Waals surface area contributed by atoms with Gasteiger partial charge in [-0.2, -0.15) is 0 Å². The van der Waals surface area contributed by atoms with Gasteiger partial charge in [0.2, 0.25) is 0 Å². The van der Waals surface area contributed by atoms with Crippen molar-refractivity contribution in [2.45, 2.75) is 38.4 Å². The van der Waals surface area contributed by atoms with Crippen LogP contribution in [-0.4, -0.2) is 10.9 Å². The van der Waals surface area contributed by atoms with Gasteiger partial charge >= 0.3 is 0 Å². The van der Waals surface area contributed by atoms with Crippen molar-refractivity contribution >= 4 is 15.9 Å². The number of benzene rings is 3. The summed E-state index contributed by atoms with van der Waals surface area (Å²) in [5.41, 5.74) is 5.81. The number of rotatable bonds is 5. The van der Waals surface area contributed by atoms with E-state index in [-0.39, 0.29) is 0 Å². The highest BCUT2D eigenvalue weighted by Crippen LogP contribution is 2.29. The molecule has 0 saturated carbocycles. The van der Waals surface area contributed by atoms with Gasteiger partial charge < -0.3 is 0 Å². The molecule has 1 unspecified atom stereocenters. The zero-order valence-electron chi connectivity index (χ0n) is 14.9. The monoisotopic (exact) mass is 405 g/mol. The maximum absolute atomic E-state index is 3.61. The van der Waals surface area contributed by atoms with Crippen molar-refractivity contribution in [3.63, 3.8) is 0 Å². The van der Waals surface area contributed by atoms with Gasteiger partial charge in [-0.3, -0.25) is 4.90 Å². The second kappa shape index (κ2) is 8.20. The molecule has 0 aromatic heterocycles. The third-order valence-corrected chi connectivity index (χ3v) is 5.84. The summed E-state index contributed by atoms with van der Waals surface area (Å²) >= 11 is 3.61. The molecule has 1 atom stereocenters. The topological polar surface area (TPSA) is 3.24 Å². The minimum absolute atomic E-state index is 0.587. The van der Waals surface area contributed by atoms with Gasteiger partial charge in [-0.15, -0.1) is 0 Å². The summed E-state index contributed by atoms with van der Waals surface area (Å²) in [6.07, 6.45) is 3.53. The normalized spacial score (nSPS) is 16.5. The van der Waals surface area contributed by atoms with Crippen molar-refractivity contribution in [3.05, 3.63) is 106 Å². The van der Waals surface area contributed by atoms with Gasteiger partial charge in [0, 0.05) is 23.6 Å². The third kappa shape index (κ3) is 4.25. The molecule has 4 rings (SSSR count). The Balaban J connectivity index is 1.57. The molecular formula is C24H24BrN. The molecule has 0 heterocycles. The van der Waals surface area contributed by atoms with Crippen LogP contribution >= 0.6 is 15.9 Å². The minimum atomic E-state index is 0.587. The number of fused-ring (bicyclic) bond motifs is 1. The first-order valence-electron chi connectivity index (χ1n) is 9.37. The van der Waals surface area contributed by atoms with Gasteiger partial charge in [0.15, 0.2) is 0 Å².